The predicted molar refractivity (Wildman–Crippen MR) is 103 cm³/mol. The maximum atomic E-state index is 13.2. The maximum Gasteiger partial charge on any atom is 0.408 e. The van der Waals surface area contributed by atoms with Crippen LogP contribution in [-0.2, 0) is 16.6 Å². The highest BCUT2D eigenvalue weighted by Gasteiger charge is 2.42. The van der Waals surface area contributed by atoms with Gasteiger partial charge in [0, 0.05) is 6.54 Å². The summed E-state index contributed by atoms with van der Waals surface area (Å²) in [6.45, 7) is 5.12. The molecule has 4 nitrogen and oxygen atoms in total. The molecule has 0 amide bonds. The topological polar surface area (TPSA) is 49.4 Å². The van der Waals surface area contributed by atoms with Gasteiger partial charge < -0.3 is 0 Å². The molecule has 2 unspecified atom stereocenters. The van der Waals surface area contributed by atoms with E-state index in [2.05, 4.69) is 11.8 Å². The fourth-order valence-electron chi connectivity index (χ4n) is 4.26. The second kappa shape index (κ2) is 8.32. The van der Waals surface area contributed by atoms with Gasteiger partial charge in [-0.3, -0.25) is 4.90 Å². The van der Waals surface area contributed by atoms with Crippen LogP contribution in [0.4, 0.5) is 13.2 Å². The van der Waals surface area contributed by atoms with E-state index >= 15 is 0 Å². The summed E-state index contributed by atoms with van der Waals surface area (Å²) in [5.41, 5.74) is 0.844. The average Bonchev–Trinajstić information content (AvgIpc) is 3.44. The van der Waals surface area contributed by atoms with E-state index in [1.54, 1.807) is 16.9 Å². The molecule has 0 spiro atoms. The van der Waals surface area contributed by atoms with E-state index in [4.69, 9.17) is 0 Å². The van der Waals surface area contributed by atoms with Gasteiger partial charge in [0.05, 0.1) is 6.26 Å². The number of rotatable bonds is 7. The normalized spacial score (nSPS) is 22.2. The van der Waals surface area contributed by atoms with Gasteiger partial charge in [-0.15, -0.1) is 0 Å². The minimum Gasteiger partial charge on any atom is -0.299 e. The number of hydrogen-bond acceptors (Lipinski definition) is 3. The maximum absolute atomic E-state index is 13.2. The molecule has 0 aromatic heterocycles. The van der Waals surface area contributed by atoms with Gasteiger partial charge in [0.2, 0.25) is 10.0 Å². The molecule has 3 rings (SSSR count). The highest BCUT2D eigenvalue weighted by Crippen LogP contribution is 2.43. The van der Waals surface area contributed by atoms with Gasteiger partial charge in [-0.25, -0.2) is 8.42 Å². The van der Waals surface area contributed by atoms with Crippen molar-refractivity contribution in [2.24, 2.45) is 17.8 Å². The summed E-state index contributed by atoms with van der Waals surface area (Å²) in [5, 5.41) is 0. The first-order chi connectivity index (χ1) is 13.0. The van der Waals surface area contributed by atoms with Gasteiger partial charge in [0.15, 0.2) is 0 Å². The Bertz CT molecular complexity index is 753. The van der Waals surface area contributed by atoms with Crippen molar-refractivity contribution in [2.45, 2.75) is 51.4 Å². The number of halogens is 3. The second-order valence-corrected chi connectivity index (χ2v) is 10.2. The van der Waals surface area contributed by atoms with Crippen molar-refractivity contribution >= 4 is 10.0 Å². The van der Waals surface area contributed by atoms with Crippen LogP contribution in [0.15, 0.2) is 24.3 Å². The summed E-state index contributed by atoms with van der Waals surface area (Å²) in [4.78, 5) is 2.35. The van der Waals surface area contributed by atoms with Crippen molar-refractivity contribution in [1.29, 1.82) is 0 Å². The van der Waals surface area contributed by atoms with Crippen LogP contribution >= 0.6 is 0 Å². The molecule has 1 saturated heterocycles. The van der Waals surface area contributed by atoms with E-state index in [0.29, 0.717) is 6.54 Å². The van der Waals surface area contributed by atoms with Crippen molar-refractivity contribution in [2.75, 3.05) is 19.3 Å². The number of nitrogens with zero attached hydrogens (tertiary/aromatic N) is 1. The van der Waals surface area contributed by atoms with E-state index in [9.17, 15) is 21.6 Å². The molecule has 2 aliphatic rings. The first-order valence-electron chi connectivity index (χ1n) is 9.88. The quantitative estimate of drug-likeness (QED) is 0.725. The van der Waals surface area contributed by atoms with Crippen LogP contribution in [0.25, 0.3) is 0 Å². The van der Waals surface area contributed by atoms with E-state index in [-0.39, 0.29) is 5.56 Å². The van der Waals surface area contributed by atoms with Gasteiger partial charge >= 0.3 is 6.18 Å². The van der Waals surface area contributed by atoms with E-state index in [1.165, 1.54) is 37.8 Å². The number of benzene rings is 1. The number of sulfonamides is 1. The van der Waals surface area contributed by atoms with Crippen molar-refractivity contribution in [3.8, 4) is 0 Å². The van der Waals surface area contributed by atoms with Crippen molar-refractivity contribution in [3.63, 3.8) is 0 Å². The molecule has 1 heterocycles. The summed E-state index contributed by atoms with van der Waals surface area (Å²) in [7, 11) is -3.98. The number of hydrogen-bond donors (Lipinski definition) is 1. The van der Waals surface area contributed by atoms with Gasteiger partial charge in [0.1, 0.15) is 6.04 Å². The molecule has 1 aromatic carbocycles. The zero-order valence-corrected chi connectivity index (χ0v) is 17.2. The first-order valence-corrected chi connectivity index (χ1v) is 11.8. The number of nitrogens with one attached hydrogen (secondary N) is 1. The van der Waals surface area contributed by atoms with Crippen LogP contribution in [0.3, 0.4) is 0 Å². The Morgan fingerprint density at radius 1 is 1.07 bits per heavy atom. The van der Waals surface area contributed by atoms with Gasteiger partial charge in [0.25, 0.3) is 0 Å². The molecule has 28 heavy (non-hydrogen) atoms. The minimum absolute atomic E-state index is 0.0985. The predicted octanol–water partition coefficient (Wildman–Crippen LogP) is 4.10. The van der Waals surface area contributed by atoms with E-state index in [0.717, 1.165) is 42.7 Å². The number of alkyl halides is 3. The van der Waals surface area contributed by atoms with Crippen LogP contribution in [0.2, 0.25) is 0 Å². The van der Waals surface area contributed by atoms with Crippen LogP contribution in [0.1, 0.15) is 49.8 Å². The third kappa shape index (κ3) is 5.94. The zero-order valence-electron chi connectivity index (χ0n) is 16.4. The molecule has 8 heteroatoms. The lowest BCUT2D eigenvalue weighted by Gasteiger charge is -2.35. The van der Waals surface area contributed by atoms with Crippen molar-refractivity contribution in [3.05, 3.63) is 35.4 Å². The van der Waals surface area contributed by atoms with E-state index < -0.39 is 22.2 Å². The summed E-state index contributed by atoms with van der Waals surface area (Å²) in [6.07, 6.45) is 1.16. The molecular weight excluding hydrogens is 389 g/mol. The van der Waals surface area contributed by atoms with Crippen LogP contribution in [0, 0.1) is 17.8 Å². The second-order valence-electron chi connectivity index (χ2n) is 8.42. The molecule has 2 atom stereocenters. The number of likely N-dealkylation sites (tertiary alicyclic amines) is 1. The van der Waals surface area contributed by atoms with Gasteiger partial charge in [-0.2, -0.15) is 17.9 Å². The summed E-state index contributed by atoms with van der Waals surface area (Å²) >= 11 is 0. The molecule has 1 aliphatic carbocycles. The number of piperidine rings is 1. The Kier molecular flexibility index (Phi) is 6.41. The average molecular weight is 419 g/mol. The Balaban J connectivity index is 1.58. The monoisotopic (exact) mass is 418 g/mol. The fraction of sp³-hybridized carbons (Fsp3) is 0.700. The fourth-order valence-corrected chi connectivity index (χ4v) is 4.95. The summed E-state index contributed by atoms with van der Waals surface area (Å²) in [6, 6.07) is 3.84. The molecule has 1 N–H and O–H groups in total. The summed E-state index contributed by atoms with van der Waals surface area (Å²) < 4.78 is 64.0. The molecule has 1 aliphatic heterocycles. The molecule has 0 radical (unpaired) electrons. The zero-order chi connectivity index (χ0) is 20.5. The highest BCUT2D eigenvalue weighted by atomic mass is 32.2. The van der Waals surface area contributed by atoms with Crippen molar-refractivity contribution < 1.29 is 21.6 Å². The third-order valence-corrected chi connectivity index (χ3v) is 6.78. The SMILES string of the molecule is CC(C1CC1)C1CCN(Cc2ccc(C(NS(C)(=O)=O)C(F)(F)F)cc2)CC1. The molecule has 0 bridgehead atoms. The minimum atomic E-state index is -4.69. The standard InChI is InChI=1S/C20H29F3N2O2S/c1-14(16-7-8-16)17-9-11-25(12-10-17)13-15-3-5-18(6-4-15)19(20(21,22)23)24-28(2,26)27/h3-6,14,16-17,19,24H,7-13H2,1-2H3. The van der Waals surface area contributed by atoms with Crippen molar-refractivity contribution in [1.82, 2.24) is 9.62 Å². The van der Waals surface area contributed by atoms with Gasteiger partial charge in [-0.1, -0.05) is 31.2 Å². The Morgan fingerprint density at radius 3 is 2.07 bits per heavy atom. The molecule has 2 fully saturated rings. The van der Waals surface area contributed by atoms with Gasteiger partial charge in [-0.05, 0) is 67.7 Å². The Labute approximate surface area is 165 Å². The Hall–Kier alpha value is -1.12. The summed E-state index contributed by atoms with van der Waals surface area (Å²) in [5.74, 6) is 2.52. The van der Waals surface area contributed by atoms with E-state index in [1.807, 2.05) is 0 Å². The lowest BCUT2D eigenvalue weighted by Crippen LogP contribution is -2.37. The largest absolute Gasteiger partial charge is 0.408 e. The first kappa shape index (κ1) is 21.6. The van der Waals surface area contributed by atoms with Crippen LogP contribution < -0.4 is 4.72 Å². The third-order valence-electron chi connectivity index (χ3n) is 6.12. The molecule has 1 saturated carbocycles. The lowest BCUT2D eigenvalue weighted by molar-refractivity contribution is -0.153. The molecule has 158 valence electrons. The highest BCUT2D eigenvalue weighted by molar-refractivity contribution is 7.88. The molecular formula is C20H29F3N2O2S. The smallest absolute Gasteiger partial charge is 0.299 e. The van der Waals surface area contributed by atoms with Crippen LogP contribution in [0.5, 0.6) is 0 Å². The Morgan fingerprint density at radius 2 is 1.61 bits per heavy atom. The lowest BCUT2D eigenvalue weighted by atomic mass is 9.82. The van der Waals surface area contributed by atoms with Crippen LogP contribution in [-0.4, -0.2) is 38.8 Å². The molecule has 1 aromatic rings.